The SMILES string of the molecule is C#CCn1c(=NC(=O)c2cccc(NS(=O)(=O)c3ccc(OC)cc3)c2)sc2cc(C)ccc21. The molecular formula is C25H21N3O4S2. The molecule has 34 heavy (non-hydrogen) atoms. The molecular weight excluding hydrogens is 470 g/mol. The fourth-order valence-corrected chi connectivity index (χ4v) is 5.52. The van der Waals surface area contributed by atoms with Gasteiger partial charge in [-0.3, -0.25) is 9.52 Å². The average Bonchev–Trinajstić information content (AvgIpc) is 3.15. The van der Waals surface area contributed by atoms with Gasteiger partial charge in [0, 0.05) is 11.3 Å². The Bertz CT molecular complexity index is 1590. The van der Waals surface area contributed by atoms with E-state index in [0.29, 0.717) is 10.6 Å². The van der Waals surface area contributed by atoms with Crippen molar-refractivity contribution in [3.63, 3.8) is 0 Å². The molecule has 1 amide bonds. The lowest BCUT2D eigenvalue weighted by Gasteiger charge is -2.09. The van der Waals surface area contributed by atoms with Crippen LogP contribution in [0.1, 0.15) is 15.9 Å². The molecule has 0 saturated carbocycles. The molecule has 3 aromatic carbocycles. The number of carbonyl (C=O) groups is 1. The summed E-state index contributed by atoms with van der Waals surface area (Å²) in [4.78, 5) is 17.8. The van der Waals surface area contributed by atoms with Crippen LogP contribution in [0.4, 0.5) is 5.69 Å². The summed E-state index contributed by atoms with van der Waals surface area (Å²) in [5, 5.41) is 0. The minimum Gasteiger partial charge on any atom is -0.497 e. The largest absolute Gasteiger partial charge is 0.497 e. The highest BCUT2D eigenvalue weighted by atomic mass is 32.2. The third-order valence-corrected chi connectivity index (χ3v) is 7.45. The lowest BCUT2D eigenvalue weighted by molar-refractivity contribution is 0.0998. The third kappa shape index (κ3) is 4.88. The van der Waals surface area contributed by atoms with Crippen LogP contribution in [-0.4, -0.2) is 26.0 Å². The summed E-state index contributed by atoms with van der Waals surface area (Å²) in [6, 6.07) is 18.2. The topological polar surface area (TPSA) is 89.8 Å². The van der Waals surface area contributed by atoms with Crippen molar-refractivity contribution in [1.82, 2.24) is 4.57 Å². The van der Waals surface area contributed by atoms with Crippen LogP contribution in [0.5, 0.6) is 5.75 Å². The molecule has 0 fully saturated rings. The molecule has 0 atom stereocenters. The maximum atomic E-state index is 13.0. The van der Waals surface area contributed by atoms with Crippen LogP contribution in [0.3, 0.4) is 0 Å². The van der Waals surface area contributed by atoms with Crippen molar-refractivity contribution in [2.24, 2.45) is 4.99 Å². The van der Waals surface area contributed by atoms with E-state index in [4.69, 9.17) is 11.2 Å². The molecule has 0 aliphatic rings. The third-order valence-electron chi connectivity index (χ3n) is 5.02. The lowest BCUT2D eigenvalue weighted by Crippen LogP contribution is -2.17. The van der Waals surface area contributed by atoms with Crippen molar-refractivity contribution in [3.8, 4) is 18.1 Å². The summed E-state index contributed by atoms with van der Waals surface area (Å²) >= 11 is 1.37. The van der Waals surface area contributed by atoms with E-state index in [1.165, 1.54) is 36.6 Å². The molecule has 0 aliphatic heterocycles. The number of thiazole rings is 1. The first-order valence-corrected chi connectivity index (χ1v) is 12.5. The van der Waals surface area contributed by atoms with Crippen LogP contribution in [0.15, 0.2) is 76.6 Å². The van der Waals surface area contributed by atoms with Crippen LogP contribution < -0.4 is 14.3 Å². The second-order valence-corrected chi connectivity index (χ2v) is 10.1. The number of methoxy groups -OCH3 is 1. The molecule has 4 rings (SSSR count). The number of hydrogen-bond acceptors (Lipinski definition) is 5. The summed E-state index contributed by atoms with van der Waals surface area (Å²) in [6.45, 7) is 2.27. The van der Waals surface area contributed by atoms with E-state index in [1.807, 2.05) is 29.7 Å². The van der Waals surface area contributed by atoms with Crippen LogP contribution in [0, 0.1) is 19.3 Å². The van der Waals surface area contributed by atoms with Gasteiger partial charge in [0.25, 0.3) is 15.9 Å². The summed E-state index contributed by atoms with van der Waals surface area (Å²) in [6.07, 6.45) is 5.53. The van der Waals surface area contributed by atoms with Crippen LogP contribution in [0.25, 0.3) is 10.2 Å². The van der Waals surface area contributed by atoms with Gasteiger partial charge < -0.3 is 9.30 Å². The second kappa shape index (κ2) is 9.55. The Morgan fingerprint density at radius 1 is 1.15 bits per heavy atom. The van der Waals surface area contributed by atoms with E-state index >= 15 is 0 Å². The van der Waals surface area contributed by atoms with E-state index in [9.17, 15) is 13.2 Å². The highest BCUT2D eigenvalue weighted by Gasteiger charge is 2.16. The van der Waals surface area contributed by atoms with Crippen LogP contribution in [0.2, 0.25) is 0 Å². The molecule has 0 spiro atoms. The maximum Gasteiger partial charge on any atom is 0.279 e. The monoisotopic (exact) mass is 491 g/mol. The van der Waals surface area contributed by atoms with Gasteiger partial charge in [0.15, 0.2) is 4.80 Å². The highest BCUT2D eigenvalue weighted by Crippen LogP contribution is 2.21. The second-order valence-electron chi connectivity index (χ2n) is 7.42. The first-order chi connectivity index (χ1) is 16.3. The smallest absolute Gasteiger partial charge is 0.279 e. The molecule has 0 radical (unpaired) electrons. The van der Waals surface area contributed by atoms with E-state index in [0.717, 1.165) is 15.8 Å². The number of aryl methyl sites for hydroxylation is 1. The number of terminal acetylenes is 1. The van der Waals surface area contributed by atoms with E-state index < -0.39 is 15.9 Å². The van der Waals surface area contributed by atoms with Crippen LogP contribution >= 0.6 is 11.3 Å². The number of hydrogen-bond donors (Lipinski definition) is 1. The molecule has 1 aromatic heterocycles. The molecule has 172 valence electrons. The van der Waals surface area contributed by atoms with E-state index in [-0.39, 0.29) is 22.7 Å². The Balaban J connectivity index is 1.65. The minimum absolute atomic E-state index is 0.0746. The van der Waals surface area contributed by atoms with Crippen molar-refractivity contribution in [2.45, 2.75) is 18.4 Å². The zero-order valence-corrected chi connectivity index (χ0v) is 20.1. The number of ether oxygens (including phenoxy) is 1. The summed E-state index contributed by atoms with van der Waals surface area (Å²) in [5.74, 6) is 2.65. The van der Waals surface area contributed by atoms with Gasteiger partial charge in [0.1, 0.15) is 5.75 Å². The zero-order chi connectivity index (χ0) is 24.3. The molecule has 1 heterocycles. The number of benzene rings is 3. The van der Waals surface area contributed by atoms with Gasteiger partial charge in [-0.2, -0.15) is 4.99 Å². The number of nitrogens with one attached hydrogen (secondary N) is 1. The van der Waals surface area contributed by atoms with Crippen LogP contribution in [-0.2, 0) is 16.6 Å². The predicted octanol–water partition coefficient (Wildman–Crippen LogP) is 4.19. The fraction of sp³-hybridized carbons (Fsp3) is 0.120. The minimum atomic E-state index is -3.85. The summed E-state index contributed by atoms with van der Waals surface area (Å²) in [7, 11) is -2.34. The van der Waals surface area contributed by atoms with Gasteiger partial charge in [-0.25, -0.2) is 8.42 Å². The zero-order valence-electron chi connectivity index (χ0n) is 18.5. The molecule has 0 unspecified atom stereocenters. The normalized spacial score (nSPS) is 11.9. The van der Waals surface area contributed by atoms with Gasteiger partial charge in [0.05, 0.1) is 28.8 Å². The van der Waals surface area contributed by atoms with Crippen molar-refractivity contribution in [3.05, 3.63) is 82.7 Å². The van der Waals surface area contributed by atoms with Gasteiger partial charge >= 0.3 is 0 Å². The molecule has 7 nitrogen and oxygen atoms in total. The van der Waals surface area contributed by atoms with E-state index in [1.54, 1.807) is 30.3 Å². The molecule has 4 aromatic rings. The number of aromatic nitrogens is 1. The van der Waals surface area contributed by atoms with Gasteiger partial charge in [-0.1, -0.05) is 29.4 Å². The van der Waals surface area contributed by atoms with Crippen molar-refractivity contribution >= 4 is 43.2 Å². The van der Waals surface area contributed by atoms with Crippen molar-refractivity contribution < 1.29 is 17.9 Å². The van der Waals surface area contributed by atoms with Gasteiger partial charge in [-0.15, -0.1) is 6.42 Å². The van der Waals surface area contributed by atoms with E-state index in [2.05, 4.69) is 15.6 Å². The summed E-state index contributed by atoms with van der Waals surface area (Å²) < 4.78 is 35.8. The Morgan fingerprint density at radius 3 is 2.62 bits per heavy atom. The first kappa shape index (κ1) is 23.3. The number of nitrogens with zero attached hydrogens (tertiary/aromatic N) is 2. The van der Waals surface area contributed by atoms with Crippen molar-refractivity contribution in [2.75, 3.05) is 11.8 Å². The number of amides is 1. The molecule has 0 bridgehead atoms. The Hall–Kier alpha value is -3.87. The lowest BCUT2D eigenvalue weighted by atomic mass is 10.2. The number of rotatable bonds is 6. The Labute approximate surface area is 201 Å². The maximum absolute atomic E-state index is 13.0. The number of anilines is 1. The highest BCUT2D eigenvalue weighted by molar-refractivity contribution is 7.92. The predicted molar refractivity (Wildman–Crippen MR) is 134 cm³/mol. The first-order valence-electron chi connectivity index (χ1n) is 10.2. The van der Waals surface area contributed by atoms with Gasteiger partial charge in [-0.05, 0) is 67.1 Å². The molecule has 0 aliphatic carbocycles. The number of carbonyl (C=O) groups excluding carboxylic acids is 1. The molecule has 0 saturated heterocycles. The number of sulfonamides is 1. The Morgan fingerprint density at radius 2 is 1.91 bits per heavy atom. The molecule has 9 heteroatoms. The Kier molecular flexibility index (Phi) is 6.54. The summed E-state index contributed by atoms with van der Waals surface area (Å²) in [5.41, 5.74) is 2.49. The average molecular weight is 492 g/mol. The molecule has 1 N–H and O–H groups in total. The quantitative estimate of drug-likeness (QED) is 0.410. The van der Waals surface area contributed by atoms with Crippen molar-refractivity contribution in [1.29, 1.82) is 0 Å². The fourth-order valence-electron chi connectivity index (χ4n) is 3.35. The number of fused-ring (bicyclic) bond motifs is 1. The standard InChI is InChI=1S/C25H21N3O4S2/c1-4-14-28-22-13-8-17(2)15-23(22)33-25(28)26-24(29)18-6-5-7-19(16-18)27-34(30,31)21-11-9-20(32-3)10-12-21/h1,5-13,15-16,27H,14H2,2-3H3. The van der Waals surface area contributed by atoms with Gasteiger partial charge in [0.2, 0.25) is 0 Å².